The van der Waals surface area contributed by atoms with Crippen LogP contribution in [0.25, 0.3) is 5.69 Å². The number of halogens is 2. The van der Waals surface area contributed by atoms with Gasteiger partial charge in [-0.25, -0.2) is 13.9 Å². The Morgan fingerprint density at radius 2 is 2.21 bits per heavy atom. The second-order valence-corrected chi connectivity index (χ2v) is 4.32. The average molecular weight is 330 g/mol. The van der Waals surface area contributed by atoms with E-state index in [1.807, 2.05) is 0 Å². The highest BCUT2D eigenvalue weighted by Crippen LogP contribution is 2.29. The lowest BCUT2D eigenvalue weighted by molar-refractivity contribution is -0.384. The van der Waals surface area contributed by atoms with Gasteiger partial charge in [-0.05, 0) is 22.0 Å². The maximum absolute atomic E-state index is 13.4. The molecule has 0 amide bonds. The number of carboxylic acid groups (broad SMARTS) is 1. The quantitative estimate of drug-likeness (QED) is 0.688. The standard InChI is InChI=1S/C10H5BrFN3O4/c11-5-3-9(15(18)19)8(4-6(5)12)14-2-1-7(13-14)10(16)17/h1-4H,(H,16,17). The molecule has 2 rings (SSSR count). The molecule has 1 heterocycles. The summed E-state index contributed by atoms with van der Waals surface area (Å²) in [4.78, 5) is 20.9. The number of carbonyl (C=O) groups is 1. The van der Waals surface area contributed by atoms with Gasteiger partial charge in [0.1, 0.15) is 11.5 Å². The molecule has 0 saturated heterocycles. The highest BCUT2D eigenvalue weighted by atomic mass is 79.9. The summed E-state index contributed by atoms with van der Waals surface area (Å²) >= 11 is 2.85. The molecule has 2 aromatic rings. The van der Waals surface area contributed by atoms with Crippen molar-refractivity contribution in [2.75, 3.05) is 0 Å². The summed E-state index contributed by atoms with van der Waals surface area (Å²) in [6, 6.07) is 3.06. The van der Waals surface area contributed by atoms with Crippen LogP contribution in [0.3, 0.4) is 0 Å². The summed E-state index contributed by atoms with van der Waals surface area (Å²) < 4.78 is 14.3. The van der Waals surface area contributed by atoms with Gasteiger partial charge in [0.05, 0.1) is 9.40 Å². The summed E-state index contributed by atoms with van der Waals surface area (Å²) in [5.74, 6) is -1.99. The average Bonchev–Trinajstić information content (AvgIpc) is 2.81. The molecular formula is C10H5BrFN3O4. The number of hydrogen-bond acceptors (Lipinski definition) is 4. The Bertz CT molecular complexity index is 685. The molecule has 0 atom stereocenters. The lowest BCUT2D eigenvalue weighted by Crippen LogP contribution is -2.04. The third-order valence-corrected chi connectivity index (χ3v) is 2.88. The molecule has 0 fully saturated rings. The van der Waals surface area contributed by atoms with E-state index in [-0.39, 0.29) is 15.9 Å². The fraction of sp³-hybridized carbons (Fsp3) is 0. The van der Waals surface area contributed by atoms with Crippen molar-refractivity contribution in [1.29, 1.82) is 0 Å². The SMILES string of the molecule is O=C(O)c1ccn(-c2cc(F)c(Br)cc2[N+](=O)[O-])n1. The van der Waals surface area contributed by atoms with E-state index in [0.717, 1.165) is 22.9 Å². The summed E-state index contributed by atoms with van der Waals surface area (Å²) in [5.41, 5.74) is -0.843. The lowest BCUT2D eigenvalue weighted by atomic mass is 10.2. The molecule has 0 aliphatic heterocycles. The monoisotopic (exact) mass is 329 g/mol. The highest BCUT2D eigenvalue weighted by Gasteiger charge is 2.20. The van der Waals surface area contributed by atoms with Gasteiger partial charge in [0.2, 0.25) is 0 Å². The molecule has 0 bridgehead atoms. The minimum Gasteiger partial charge on any atom is -0.476 e. The topological polar surface area (TPSA) is 98.3 Å². The van der Waals surface area contributed by atoms with Crippen LogP contribution in [-0.2, 0) is 0 Å². The molecule has 0 radical (unpaired) electrons. The van der Waals surface area contributed by atoms with Gasteiger partial charge >= 0.3 is 5.97 Å². The Morgan fingerprint density at radius 3 is 2.74 bits per heavy atom. The van der Waals surface area contributed by atoms with E-state index in [4.69, 9.17) is 5.11 Å². The molecule has 0 unspecified atom stereocenters. The van der Waals surface area contributed by atoms with Gasteiger partial charge < -0.3 is 5.11 Å². The Balaban J connectivity index is 2.62. The van der Waals surface area contributed by atoms with Crippen molar-refractivity contribution in [2.45, 2.75) is 0 Å². The molecule has 1 N–H and O–H groups in total. The third-order valence-electron chi connectivity index (χ3n) is 2.27. The third kappa shape index (κ3) is 2.45. The van der Waals surface area contributed by atoms with Crippen molar-refractivity contribution >= 4 is 27.6 Å². The first kappa shape index (κ1) is 13.1. The smallest absolute Gasteiger partial charge is 0.356 e. The predicted molar refractivity (Wildman–Crippen MR) is 64.8 cm³/mol. The van der Waals surface area contributed by atoms with E-state index in [1.54, 1.807) is 0 Å². The minimum atomic E-state index is -1.28. The molecular weight excluding hydrogens is 325 g/mol. The number of aromatic nitrogens is 2. The van der Waals surface area contributed by atoms with Crippen LogP contribution in [0.1, 0.15) is 10.5 Å². The number of nitro benzene ring substituents is 1. The molecule has 1 aromatic heterocycles. The number of nitro groups is 1. The molecule has 1 aromatic carbocycles. The van der Waals surface area contributed by atoms with Gasteiger partial charge in [-0.1, -0.05) is 0 Å². The molecule has 0 aliphatic rings. The molecule has 98 valence electrons. The second kappa shape index (κ2) is 4.76. The molecule has 0 spiro atoms. The van der Waals surface area contributed by atoms with Crippen molar-refractivity contribution in [2.24, 2.45) is 0 Å². The zero-order valence-corrected chi connectivity index (χ0v) is 10.7. The van der Waals surface area contributed by atoms with Crippen molar-refractivity contribution in [1.82, 2.24) is 9.78 Å². The van der Waals surface area contributed by atoms with E-state index in [9.17, 15) is 19.3 Å². The van der Waals surface area contributed by atoms with Crippen LogP contribution in [0.15, 0.2) is 28.9 Å². The first-order valence-electron chi connectivity index (χ1n) is 4.83. The summed E-state index contributed by atoms with van der Waals surface area (Å²) in [6.45, 7) is 0. The lowest BCUT2D eigenvalue weighted by Gasteiger charge is -2.04. The van der Waals surface area contributed by atoms with Crippen LogP contribution in [0.5, 0.6) is 0 Å². The maximum Gasteiger partial charge on any atom is 0.356 e. The van der Waals surface area contributed by atoms with Crippen molar-refractivity contribution in [3.63, 3.8) is 0 Å². The van der Waals surface area contributed by atoms with Gasteiger partial charge in [-0.2, -0.15) is 5.10 Å². The van der Waals surface area contributed by atoms with Gasteiger partial charge in [0.25, 0.3) is 5.69 Å². The molecule has 9 heteroatoms. The first-order chi connectivity index (χ1) is 8.90. The van der Waals surface area contributed by atoms with Gasteiger partial charge in [0, 0.05) is 18.3 Å². The summed E-state index contributed by atoms with van der Waals surface area (Å²) in [5, 5.41) is 23.3. The van der Waals surface area contributed by atoms with Crippen LogP contribution in [0.4, 0.5) is 10.1 Å². The number of carboxylic acids is 1. The van der Waals surface area contributed by atoms with Crippen LogP contribution < -0.4 is 0 Å². The normalized spacial score (nSPS) is 10.4. The molecule has 7 nitrogen and oxygen atoms in total. The largest absolute Gasteiger partial charge is 0.476 e. The van der Waals surface area contributed by atoms with Gasteiger partial charge in [-0.3, -0.25) is 10.1 Å². The number of rotatable bonds is 3. The second-order valence-electron chi connectivity index (χ2n) is 3.46. The molecule has 0 saturated carbocycles. The Kier molecular flexibility index (Phi) is 3.30. The van der Waals surface area contributed by atoms with E-state index >= 15 is 0 Å². The Hall–Kier alpha value is -2.29. The van der Waals surface area contributed by atoms with Crippen LogP contribution in [0.2, 0.25) is 0 Å². The van der Waals surface area contributed by atoms with Crippen LogP contribution in [-0.4, -0.2) is 25.8 Å². The molecule has 19 heavy (non-hydrogen) atoms. The Labute approximate surface area is 113 Å². The molecule has 0 aliphatic carbocycles. The summed E-state index contributed by atoms with van der Waals surface area (Å²) in [7, 11) is 0. The number of benzene rings is 1. The minimum absolute atomic E-state index is 0.0615. The summed E-state index contributed by atoms with van der Waals surface area (Å²) in [6.07, 6.45) is 1.21. The predicted octanol–water partition coefficient (Wildman–Crippen LogP) is 2.38. The van der Waals surface area contributed by atoms with E-state index in [1.165, 1.54) is 6.20 Å². The first-order valence-corrected chi connectivity index (χ1v) is 5.62. The van der Waals surface area contributed by atoms with Crippen LogP contribution in [0, 0.1) is 15.9 Å². The number of hydrogen-bond donors (Lipinski definition) is 1. The number of aromatic carboxylic acids is 1. The van der Waals surface area contributed by atoms with Crippen molar-refractivity contribution < 1.29 is 19.2 Å². The van der Waals surface area contributed by atoms with Crippen LogP contribution >= 0.6 is 15.9 Å². The zero-order valence-electron chi connectivity index (χ0n) is 9.08. The van der Waals surface area contributed by atoms with Gasteiger partial charge in [0.15, 0.2) is 5.69 Å². The fourth-order valence-corrected chi connectivity index (χ4v) is 1.76. The van der Waals surface area contributed by atoms with Crippen molar-refractivity contribution in [3.8, 4) is 5.69 Å². The highest BCUT2D eigenvalue weighted by molar-refractivity contribution is 9.10. The number of nitrogens with zero attached hydrogens (tertiary/aromatic N) is 3. The van der Waals surface area contributed by atoms with E-state index in [2.05, 4.69) is 21.0 Å². The van der Waals surface area contributed by atoms with Crippen molar-refractivity contribution in [3.05, 3.63) is 50.5 Å². The zero-order chi connectivity index (χ0) is 14.2. The fourth-order valence-electron chi connectivity index (χ4n) is 1.43. The van der Waals surface area contributed by atoms with E-state index < -0.39 is 22.4 Å². The maximum atomic E-state index is 13.4. The van der Waals surface area contributed by atoms with Gasteiger partial charge in [-0.15, -0.1) is 0 Å². The Morgan fingerprint density at radius 1 is 1.53 bits per heavy atom. The van der Waals surface area contributed by atoms with E-state index in [0.29, 0.717) is 0 Å².